The van der Waals surface area contributed by atoms with E-state index < -0.39 is 11.5 Å². The molecule has 0 aliphatic carbocycles. The van der Waals surface area contributed by atoms with Crippen LogP contribution in [0, 0.1) is 5.92 Å². The monoisotopic (exact) mass is 547 g/mol. The Morgan fingerprint density at radius 3 is 2.35 bits per heavy atom. The lowest BCUT2D eigenvalue weighted by atomic mass is 9.78. The van der Waals surface area contributed by atoms with Gasteiger partial charge in [0.2, 0.25) is 0 Å². The molecule has 2 aliphatic heterocycles. The highest BCUT2D eigenvalue weighted by Crippen LogP contribution is 2.42. The Morgan fingerprint density at radius 1 is 1.00 bits per heavy atom. The topological polar surface area (TPSA) is 121 Å². The number of hydrogen-bond acceptors (Lipinski definition) is 7. The number of nitrogens with two attached hydrogens (primary N) is 1. The summed E-state index contributed by atoms with van der Waals surface area (Å²) in [4.78, 5) is 27.0. The summed E-state index contributed by atoms with van der Waals surface area (Å²) in [6, 6.07) is 14.8. The number of hydrogen-bond donors (Lipinski definition) is 2. The predicted molar refractivity (Wildman–Crippen MR) is 152 cm³/mol. The molecule has 2 aromatic carbocycles. The van der Waals surface area contributed by atoms with Gasteiger partial charge in [-0.2, -0.15) is 5.10 Å². The molecule has 1 aromatic heterocycles. The van der Waals surface area contributed by atoms with Crippen molar-refractivity contribution in [3.8, 4) is 22.9 Å². The number of likely N-dealkylation sites (tertiary alicyclic amines) is 1. The molecule has 1 fully saturated rings. The summed E-state index contributed by atoms with van der Waals surface area (Å²) in [5, 5.41) is 8.30. The van der Waals surface area contributed by atoms with Crippen LogP contribution >= 0.6 is 0 Å². The van der Waals surface area contributed by atoms with Crippen LogP contribution in [0.15, 0.2) is 48.5 Å². The summed E-state index contributed by atoms with van der Waals surface area (Å²) in [5.41, 5.74) is 7.96. The van der Waals surface area contributed by atoms with Crippen LogP contribution in [-0.2, 0) is 4.74 Å². The molecule has 2 amide bonds. The first-order valence-corrected chi connectivity index (χ1v) is 13.7. The molecule has 5 rings (SSSR count). The van der Waals surface area contributed by atoms with E-state index in [0.717, 1.165) is 31.5 Å². The molecule has 0 saturated carbocycles. The van der Waals surface area contributed by atoms with Gasteiger partial charge in [-0.3, -0.25) is 4.79 Å². The zero-order valence-electron chi connectivity index (χ0n) is 23.5. The standard InChI is InChI=1S/C30H37N5O5/c1-30(2,3)40-29(37)34-16-13-19(14-17-34)24-12-15-32-26-25(24)33-35(27(26)28(31)36)20-8-10-21(11-9-20)39-23-7-5-6-22(18-23)38-4/h5-11,18-19,24,32H,12-17H2,1-4H3,(H2,31,36). The van der Waals surface area contributed by atoms with Crippen molar-refractivity contribution >= 4 is 17.7 Å². The predicted octanol–water partition coefficient (Wildman–Crippen LogP) is 5.32. The summed E-state index contributed by atoms with van der Waals surface area (Å²) in [5.74, 6) is 1.96. The van der Waals surface area contributed by atoms with Gasteiger partial charge in [0.05, 0.1) is 24.2 Å². The van der Waals surface area contributed by atoms with Gasteiger partial charge >= 0.3 is 6.09 Å². The molecular weight excluding hydrogens is 510 g/mol. The fourth-order valence-electron chi connectivity index (χ4n) is 5.50. The van der Waals surface area contributed by atoms with Crippen molar-refractivity contribution < 1.29 is 23.8 Å². The van der Waals surface area contributed by atoms with Gasteiger partial charge in [0.1, 0.15) is 22.8 Å². The number of anilines is 1. The number of carbonyl (C=O) groups excluding carboxylic acids is 2. The first kappa shape index (κ1) is 27.4. The molecule has 212 valence electrons. The molecule has 1 saturated heterocycles. The van der Waals surface area contributed by atoms with E-state index >= 15 is 0 Å². The van der Waals surface area contributed by atoms with Crippen LogP contribution in [0.4, 0.5) is 10.5 Å². The third kappa shape index (κ3) is 5.85. The van der Waals surface area contributed by atoms with Crippen LogP contribution in [0.2, 0.25) is 0 Å². The van der Waals surface area contributed by atoms with Crippen LogP contribution in [0.1, 0.15) is 62.1 Å². The van der Waals surface area contributed by atoms with Crippen molar-refractivity contribution in [2.24, 2.45) is 11.7 Å². The second-order valence-electron chi connectivity index (χ2n) is 11.3. The minimum absolute atomic E-state index is 0.159. The SMILES string of the molecule is COc1cccc(Oc2ccc(-n3nc4c(c3C(N)=O)NCCC4C3CCN(C(=O)OC(C)(C)C)CC3)cc2)c1. The summed E-state index contributed by atoms with van der Waals surface area (Å²) in [6.45, 7) is 7.63. The number of primary amides is 1. The Bertz CT molecular complexity index is 1370. The Hall–Kier alpha value is -4.21. The van der Waals surface area contributed by atoms with E-state index in [1.54, 1.807) is 16.7 Å². The Morgan fingerprint density at radius 2 is 1.70 bits per heavy atom. The van der Waals surface area contributed by atoms with Gasteiger partial charge in [0.15, 0.2) is 5.69 Å². The first-order chi connectivity index (χ1) is 19.1. The lowest BCUT2D eigenvalue weighted by molar-refractivity contribution is 0.0172. The smallest absolute Gasteiger partial charge is 0.410 e. The minimum Gasteiger partial charge on any atom is -0.497 e. The van der Waals surface area contributed by atoms with Crippen LogP contribution < -0.4 is 20.5 Å². The van der Waals surface area contributed by atoms with Gasteiger partial charge in [-0.15, -0.1) is 0 Å². The van der Waals surface area contributed by atoms with Gasteiger partial charge in [-0.1, -0.05) is 6.07 Å². The lowest BCUT2D eigenvalue weighted by Crippen LogP contribution is -2.43. The number of aromatic nitrogens is 2. The third-order valence-corrected chi connectivity index (χ3v) is 7.37. The second-order valence-corrected chi connectivity index (χ2v) is 11.3. The highest BCUT2D eigenvalue weighted by atomic mass is 16.6. The average Bonchev–Trinajstić information content (AvgIpc) is 3.33. The molecule has 3 aromatic rings. The molecule has 10 nitrogen and oxygen atoms in total. The third-order valence-electron chi connectivity index (χ3n) is 7.37. The molecule has 1 atom stereocenters. The van der Waals surface area contributed by atoms with Crippen molar-refractivity contribution in [1.82, 2.24) is 14.7 Å². The van der Waals surface area contributed by atoms with Crippen LogP contribution in [0.3, 0.4) is 0 Å². The molecule has 1 unspecified atom stereocenters. The van der Waals surface area contributed by atoms with E-state index in [9.17, 15) is 9.59 Å². The van der Waals surface area contributed by atoms with Gasteiger partial charge in [0.25, 0.3) is 5.91 Å². The second kappa shape index (κ2) is 11.1. The molecule has 0 radical (unpaired) electrons. The molecule has 0 spiro atoms. The number of piperidine rings is 1. The number of amides is 2. The molecule has 3 N–H and O–H groups in total. The van der Waals surface area contributed by atoms with E-state index in [-0.39, 0.29) is 12.0 Å². The number of nitrogens with one attached hydrogen (secondary N) is 1. The van der Waals surface area contributed by atoms with Crippen molar-refractivity contribution in [3.05, 3.63) is 59.9 Å². The van der Waals surface area contributed by atoms with E-state index in [2.05, 4.69) is 5.32 Å². The van der Waals surface area contributed by atoms with Crippen molar-refractivity contribution in [1.29, 1.82) is 0 Å². The number of carbonyl (C=O) groups is 2. The van der Waals surface area contributed by atoms with Crippen LogP contribution in [-0.4, -0.2) is 59.0 Å². The molecular formula is C30H37N5O5. The maximum atomic E-state index is 12.6. The van der Waals surface area contributed by atoms with E-state index in [1.165, 1.54) is 0 Å². The molecule has 10 heteroatoms. The number of fused-ring (bicyclic) bond motifs is 1. The van der Waals surface area contributed by atoms with Gasteiger partial charge in [-0.25, -0.2) is 9.48 Å². The number of rotatable bonds is 6. The van der Waals surface area contributed by atoms with Crippen LogP contribution in [0.5, 0.6) is 17.2 Å². The number of nitrogens with zero attached hydrogens (tertiary/aromatic N) is 3. The van der Waals surface area contributed by atoms with Gasteiger partial charge in [0, 0.05) is 31.6 Å². The number of ether oxygens (including phenoxy) is 3. The molecule has 0 bridgehead atoms. The van der Waals surface area contributed by atoms with Gasteiger partial charge in [-0.05, 0) is 82.3 Å². The molecule has 3 heterocycles. The summed E-state index contributed by atoms with van der Waals surface area (Å²) < 4.78 is 18.4. The van der Waals surface area contributed by atoms with Gasteiger partial charge < -0.3 is 30.2 Å². The van der Waals surface area contributed by atoms with E-state index in [0.29, 0.717) is 53.3 Å². The summed E-state index contributed by atoms with van der Waals surface area (Å²) in [7, 11) is 1.61. The normalized spacial score (nSPS) is 17.5. The largest absolute Gasteiger partial charge is 0.497 e. The zero-order chi connectivity index (χ0) is 28.4. The quantitative estimate of drug-likeness (QED) is 0.429. The highest BCUT2D eigenvalue weighted by Gasteiger charge is 2.37. The van der Waals surface area contributed by atoms with Crippen molar-refractivity contribution in [2.75, 3.05) is 32.1 Å². The highest BCUT2D eigenvalue weighted by molar-refractivity contribution is 5.98. The summed E-state index contributed by atoms with van der Waals surface area (Å²) in [6.07, 6.45) is 2.32. The average molecular weight is 548 g/mol. The van der Waals surface area contributed by atoms with Crippen molar-refractivity contribution in [2.45, 2.75) is 51.6 Å². The molecule has 40 heavy (non-hydrogen) atoms. The van der Waals surface area contributed by atoms with Crippen molar-refractivity contribution in [3.63, 3.8) is 0 Å². The van der Waals surface area contributed by atoms with E-state index in [4.69, 9.17) is 25.0 Å². The fraction of sp³-hybridized carbons (Fsp3) is 0.433. The Kier molecular flexibility index (Phi) is 7.60. The maximum absolute atomic E-state index is 12.6. The minimum atomic E-state index is -0.543. The van der Waals surface area contributed by atoms with E-state index in [1.807, 2.05) is 69.3 Å². The fourth-order valence-corrected chi connectivity index (χ4v) is 5.50. The van der Waals surface area contributed by atoms with Crippen LogP contribution in [0.25, 0.3) is 5.69 Å². The first-order valence-electron chi connectivity index (χ1n) is 13.7. The zero-order valence-corrected chi connectivity index (χ0v) is 23.5. The Balaban J connectivity index is 1.35. The summed E-state index contributed by atoms with van der Waals surface area (Å²) >= 11 is 0. The number of methoxy groups -OCH3 is 1. The lowest BCUT2D eigenvalue weighted by Gasteiger charge is -2.37. The molecule has 2 aliphatic rings. The maximum Gasteiger partial charge on any atom is 0.410 e. The Labute approximate surface area is 234 Å². The number of benzene rings is 2.